The number of rotatable bonds is 5. The summed E-state index contributed by atoms with van der Waals surface area (Å²) in [5, 5.41) is 6.20. The van der Waals surface area contributed by atoms with E-state index in [1.807, 2.05) is 12.3 Å². The number of hydrogen-bond acceptors (Lipinski definition) is 4. The summed E-state index contributed by atoms with van der Waals surface area (Å²) >= 11 is 0. The lowest BCUT2D eigenvalue weighted by atomic mass is 10.2. The van der Waals surface area contributed by atoms with Crippen molar-refractivity contribution < 1.29 is 8.78 Å². The van der Waals surface area contributed by atoms with E-state index in [2.05, 4.69) is 43.5 Å². The lowest BCUT2D eigenvalue weighted by Gasteiger charge is -2.33. The molecule has 0 atom stereocenters. The monoisotopic (exact) mass is 516 g/mol. The van der Waals surface area contributed by atoms with E-state index in [0.29, 0.717) is 12.5 Å². The lowest BCUT2D eigenvalue weighted by molar-refractivity contribution is 0.312. The van der Waals surface area contributed by atoms with Gasteiger partial charge in [0.05, 0.1) is 0 Å². The van der Waals surface area contributed by atoms with Gasteiger partial charge < -0.3 is 20.4 Å². The smallest absolute Gasteiger partial charge is 0.191 e. The van der Waals surface area contributed by atoms with Crippen LogP contribution in [0.25, 0.3) is 0 Å². The van der Waals surface area contributed by atoms with Crippen molar-refractivity contribution in [1.29, 1.82) is 0 Å². The molecule has 0 amide bonds. The van der Waals surface area contributed by atoms with Crippen LogP contribution >= 0.6 is 24.0 Å². The Hall–Kier alpha value is -2.01. The largest absolute Gasteiger partial charge is 0.354 e. The molecule has 0 spiro atoms. The molecule has 0 radical (unpaired) electrons. The van der Waals surface area contributed by atoms with Gasteiger partial charge in [0.2, 0.25) is 0 Å². The SMILES string of the molecule is CN=C(NCc1ccnc(N2CCN(C)CC2)c1)NCc1cc(F)ccc1F.I. The molecule has 158 valence electrons. The van der Waals surface area contributed by atoms with Gasteiger partial charge in [-0.05, 0) is 42.9 Å². The van der Waals surface area contributed by atoms with Crippen LogP contribution in [-0.4, -0.2) is 56.1 Å². The summed E-state index contributed by atoms with van der Waals surface area (Å²) in [6.45, 7) is 4.67. The van der Waals surface area contributed by atoms with E-state index in [-0.39, 0.29) is 36.1 Å². The highest BCUT2D eigenvalue weighted by molar-refractivity contribution is 14.0. The van der Waals surface area contributed by atoms with Crippen molar-refractivity contribution >= 4 is 35.8 Å². The fourth-order valence-electron chi connectivity index (χ4n) is 3.04. The molecule has 3 rings (SSSR count). The number of nitrogens with one attached hydrogen (secondary N) is 2. The number of piperazine rings is 1. The Balaban J connectivity index is 0.00000300. The molecule has 2 aromatic rings. The molecule has 0 saturated carbocycles. The van der Waals surface area contributed by atoms with Gasteiger partial charge in [0, 0.05) is 58.1 Å². The van der Waals surface area contributed by atoms with Crippen molar-refractivity contribution in [3.05, 3.63) is 59.3 Å². The molecule has 1 aliphatic heterocycles. The number of pyridine rings is 1. The molecule has 1 aliphatic rings. The van der Waals surface area contributed by atoms with Crippen LogP contribution in [0.4, 0.5) is 14.6 Å². The molecule has 1 aromatic carbocycles. The van der Waals surface area contributed by atoms with Crippen LogP contribution in [0.3, 0.4) is 0 Å². The summed E-state index contributed by atoms with van der Waals surface area (Å²) in [5.41, 5.74) is 1.33. The summed E-state index contributed by atoms with van der Waals surface area (Å²) in [4.78, 5) is 13.2. The zero-order valence-electron chi connectivity index (χ0n) is 16.7. The minimum absolute atomic E-state index is 0. The molecule has 0 bridgehead atoms. The Morgan fingerprint density at radius 1 is 1.07 bits per heavy atom. The predicted octanol–water partition coefficient (Wildman–Crippen LogP) is 2.59. The van der Waals surface area contributed by atoms with Crippen molar-refractivity contribution in [1.82, 2.24) is 20.5 Å². The third kappa shape index (κ3) is 6.77. The fraction of sp³-hybridized carbons (Fsp3) is 0.400. The van der Waals surface area contributed by atoms with Gasteiger partial charge >= 0.3 is 0 Å². The van der Waals surface area contributed by atoms with Gasteiger partial charge in [-0.1, -0.05) is 0 Å². The van der Waals surface area contributed by atoms with Gasteiger partial charge in [-0.25, -0.2) is 13.8 Å². The molecular formula is C20H27F2IN6. The molecule has 1 fully saturated rings. The minimum atomic E-state index is -0.464. The quantitative estimate of drug-likeness (QED) is 0.364. The van der Waals surface area contributed by atoms with Gasteiger partial charge in [0.1, 0.15) is 17.5 Å². The molecule has 9 heteroatoms. The highest BCUT2D eigenvalue weighted by Crippen LogP contribution is 2.15. The maximum atomic E-state index is 13.7. The van der Waals surface area contributed by atoms with Gasteiger partial charge in [-0.2, -0.15) is 0 Å². The molecule has 2 heterocycles. The summed E-state index contributed by atoms with van der Waals surface area (Å²) in [6.07, 6.45) is 1.81. The molecule has 0 aliphatic carbocycles. The number of aromatic nitrogens is 1. The topological polar surface area (TPSA) is 55.8 Å². The van der Waals surface area contributed by atoms with Crippen LogP contribution in [0.2, 0.25) is 0 Å². The van der Waals surface area contributed by atoms with Gasteiger partial charge in [-0.3, -0.25) is 4.99 Å². The highest BCUT2D eigenvalue weighted by atomic mass is 127. The number of guanidine groups is 1. The number of likely N-dealkylation sites (N-methyl/N-ethyl adjacent to an activating group) is 1. The Labute approximate surface area is 187 Å². The van der Waals surface area contributed by atoms with E-state index in [9.17, 15) is 8.78 Å². The first-order valence-electron chi connectivity index (χ1n) is 9.32. The van der Waals surface area contributed by atoms with E-state index in [1.54, 1.807) is 7.05 Å². The number of halogens is 3. The first kappa shape index (κ1) is 23.3. The van der Waals surface area contributed by atoms with Gasteiger partial charge in [-0.15, -0.1) is 24.0 Å². The van der Waals surface area contributed by atoms with Crippen LogP contribution < -0.4 is 15.5 Å². The number of benzene rings is 1. The van der Waals surface area contributed by atoms with E-state index in [0.717, 1.165) is 49.7 Å². The van der Waals surface area contributed by atoms with E-state index < -0.39 is 11.6 Å². The summed E-state index contributed by atoms with van der Waals surface area (Å²) < 4.78 is 27.0. The van der Waals surface area contributed by atoms with Crippen LogP contribution in [-0.2, 0) is 13.1 Å². The second kappa shape index (κ2) is 11.2. The average molecular weight is 516 g/mol. The zero-order valence-corrected chi connectivity index (χ0v) is 19.0. The summed E-state index contributed by atoms with van der Waals surface area (Å²) in [6, 6.07) is 7.43. The first-order chi connectivity index (χ1) is 13.5. The Kier molecular flexibility index (Phi) is 9.02. The standard InChI is InChI=1S/C20H26F2N6.HI/c1-23-20(26-14-16-12-17(21)3-4-18(16)22)25-13-15-5-6-24-19(11-15)28-9-7-27(2)8-10-28;/h3-6,11-12H,7-10,13-14H2,1-2H3,(H2,23,25,26);1H. The van der Waals surface area contributed by atoms with E-state index >= 15 is 0 Å². The maximum Gasteiger partial charge on any atom is 0.191 e. The molecule has 29 heavy (non-hydrogen) atoms. The number of hydrogen-bond donors (Lipinski definition) is 2. The Bertz CT molecular complexity index is 824. The number of aliphatic imine (C=N–C) groups is 1. The van der Waals surface area contributed by atoms with Gasteiger partial charge in [0.15, 0.2) is 5.96 Å². The molecule has 1 aromatic heterocycles. The third-order valence-corrected chi connectivity index (χ3v) is 4.77. The normalized spacial score (nSPS) is 15.0. The number of nitrogens with zero attached hydrogens (tertiary/aromatic N) is 4. The van der Waals surface area contributed by atoms with Crippen LogP contribution in [0, 0.1) is 11.6 Å². The van der Waals surface area contributed by atoms with Crippen molar-refractivity contribution in [2.45, 2.75) is 13.1 Å². The molecule has 6 nitrogen and oxygen atoms in total. The Morgan fingerprint density at radius 2 is 1.79 bits per heavy atom. The summed E-state index contributed by atoms with van der Waals surface area (Å²) in [5.74, 6) is 0.573. The Morgan fingerprint density at radius 3 is 2.52 bits per heavy atom. The molecule has 1 saturated heterocycles. The van der Waals surface area contributed by atoms with Crippen molar-refractivity contribution in [3.8, 4) is 0 Å². The highest BCUT2D eigenvalue weighted by Gasteiger charge is 2.15. The first-order valence-corrected chi connectivity index (χ1v) is 9.32. The van der Waals surface area contributed by atoms with Crippen LogP contribution in [0.15, 0.2) is 41.5 Å². The second-order valence-electron chi connectivity index (χ2n) is 6.83. The molecule has 2 N–H and O–H groups in total. The van der Waals surface area contributed by atoms with Crippen molar-refractivity contribution in [2.24, 2.45) is 4.99 Å². The lowest BCUT2D eigenvalue weighted by Crippen LogP contribution is -2.44. The zero-order chi connectivity index (χ0) is 19.9. The van der Waals surface area contributed by atoms with Crippen molar-refractivity contribution in [2.75, 3.05) is 45.2 Å². The predicted molar refractivity (Wildman–Crippen MR) is 123 cm³/mol. The van der Waals surface area contributed by atoms with Crippen LogP contribution in [0.5, 0.6) is 0 Å². The second-order valence-corrected chi connectivity index (χ2v) is 6.83. The molecular weight excluding hydrogens is 489 g/mol. The van der Waals surface area contributed by atoms with Gasteiger partial charge in [0.25, 0.3) is 0 Å². The maximum absolute atomic E-state index is 13.7. The minimum Gasteiger partial charge on any atom is -0.354 e. The van der Waals surface area contributed by atoms with Crippen molar-refractivity contribution in [3.63, 3.8) is 0 Å². The summed E-state index contributed by atoms with van der Waals surface area (Å²) in [7, 11) is 3.76. The third-order valence-electron chi connectivity index (χ3n) is 4.77. The molecule has 0 unspecified atom stereocenters. The fourth-order valence-corrected chi connectivity index (χ4v) is 3.04. The average Bonchev–Trinajstić information content (AvgIpc) is 2.71. The number of anilines is 1. The van der Waals surface area contributed by atoms with E-state index in [1.165, 1.54) is 6.07 Å². The van der Waals surface area contributed by atoms with E-state index in [4.69, 9.17) is 0 Å². The van der Waals surface area contributed by atoms with Crippen LogP contribution in [0.1, 0.15) is 11.1 Å².